The highest BCUT2D eigenvalue weighted by Gasteiger charge is 2.62. The molecule has 0 unspecified atom stereocenters. The van der Waals surface area contributed by atoms with Gasteiger partial charge in [-0.1, -0.05) is 13.8 Å². The highest BCUT2D eigenvalue weighted by Crippen LogP contribution is 2.58. The fourth-order valence-electron chi connectivity index (χ4n) is 3.14. The van der Waals surface area contributed by atoms with Crippen molar-refractivity contribution < 1.29 is 14.9 Å². The number of fused-ring (bicyclic) bond motifs is 1. The van der Waals surface area contributed by atoms with Gasteiger partial charge >= 0.3 is 0 Å². The van der Waals surface area contributed by atoms with E-state index in [1.54, 1.807) is 6.08 Å². The van der Waals surface area contributed by atoms with E-state index in [1.807, 2.05) is 27.7 Å². The molecule has 1 saturated carbocycles. The first-order valence-electron chi connectivity index (χ1n) is 6.11. The van der Waals surface area contributed by atoms with Crippen molar-refractivity contribution in [2.24, 2.45) is 11.3 Å². The van der Waals surface area contributed by atoms with Gasteiger partial charge in [0.25, 0.3) is 0 Å². The highest BCUT2D eigenvalue weighted by atomic mass is 16.5. The Morgan fingerprint density at radius 2 is 2.12 bits per heavy atom. The Morgan fingerprint density at radius 1 is 1.50 bits per heavy atom. The first-order chi connectivity index (χ1) is 7.31. The van der Waals surface area contributed by atoms with Crippen LogP contribution < -0.4 is 0 Å². The van der Waals surface area contributed by atoms with Gasteiger partial charge in [0.05, 0.1) is 11.7 Å². The smallest absolute Gasteiger partial charge is 0.124 e. The summed E-state index contributed by atoms with van der Waals surface area (Å²) in [5.74, 6) is 0.729. The highest BCUT2D eigenvalue weighted by molar-refractivity contribution is 5.31. The van der Waals surface area contributed by atoms with E-state index in [0.29, 0.717) is 5.76 Å². The summed E-state index contributed by atoms with van der Waals surface area (Å²) in [5.41, 5.74) is -1.38. The summed E-state index contributed by atoms with van der Waals surface area (Å²) < 4.78 is 5.59. The largest absolute Gasteiger partial charge is 0.493 e. The molecule has 16 heavy (non-hydrogen) atoms. The summed E-state index contributed by atoms with van der Waals surface area (Å²) in [6.45, 7) is 7.84. The van der Waals surface area contributed by atoms with Crippen LogP contribution in [-0.2, 0) is 4.74 Å². The molecular weight excluding hydrogens is 204 g/mol. The number of hydrogen-bond acceptors (Lipinski definition) is 3. The van der Waals surface area contributed by atoms with Gasteiger partial charge in [-0.3, -0.25) is 0 Å². The summed E-state index contributed by atoms with van der Waals surface area (Å²) in [7, 11) is 0. The zero-order chi connectivity index (χ0) is 12.1. The Hall–Kier alpha value is -0.540. The molecule has 2 aliphatic carbocycles. The predicted molar refractivity (Wildman–Crippen MR) is 61.8 cm³/mol. The SMILES string of the molecule is CC(C)OC1=C[C@]2(O)[C@H](C)CC[C@]2(C)[C@H]1O. The molecular formula is C13H22O3. The molecule has 0 aromatic carbocycles. The van der Waals surface area contributed by atoms with E-state index in [9.17, 15) is 10.2 Å². The summed E-state index contributed by atoms with van der Waals surface area (Å²) in [6.07, 6.45) is 2.89. The van der Waals surface area contributed by atoms with Gasteiger partial charge in [0.2, 0.25) is 0 Å². The van der Waals surface area contributed by atoms with Crippen LogP contribution in [0.15, 0.2) is 11.8 Å². The molecule has 0 radical (unpaired) electrons. The van der Waals surface area contributed by atoms with Gasteiger partial charge in [-0.25, -0.2) is 0 Å². The third kappa shape index (κ3) is 1.34. The first kappa shape index (κ1) is 11.9. The lowest BCUT2D eigenvalue weighted by Gasteiger charge is -2.37. The maximum atomic E-state index is 10.7. The van der Waals surface area contributed by atoms with E-state index in [2.05, 4.69) is 0 Å². The van der Waals surface area contributed by atoms with Gasteiger partial charge in [-0.2, -0.15) is 0 Å². The molecule has 3 nitrogen and oxygen atoms in total. The molecule has 2 N–H and O–H groups in total. The van der Waals surface area contributed by atoms with Crippen LogP contribution in [0, 0.1) is 11.3 Å². The van der Waals surface area contributed by atoms with E-state index in [0.717, 1.165) is 12.8 Å². The van der Waals surface area contributed by atoms with Crippen molar-refractivity contribution in [2.45, 2.75) is 58.3 Å². The molecule has 92 valence electrons. The minimum atomic E-state index is -0.906. The molecule has 0 amide bonds. The Labute approximate surface area is 97.1 Å². The number of rotatable bonds is 2. The molecule has 0 spiro atoms. The van der Waals surface area contributed by atoms with Crippen LogP contribution in [0.1, 0.15) is 40.5 Å². The summed E-state index contributed by atoms with van der Waals surface area (Å²) in [5, 5.41) is 21.0. The van der Waals surface area contributed by atoms with Crippen LogP contribution in [0.3, 0.4) is 0 Å². The molecule has 2 aliphatic rings. The number of hydrogen-bond donors (Lipinski definition) is 2. The van der Waals surface area contributed by atoms with E-state index >= 15 is 0 Å². The molecule has 0 aromatic rings. The molecule has 0 heterocycles. The van der Waals surface area contributed by atoms with Crippen LogP contribution in [0.4, 0.5) is 0 Å². The van der Waals surface area contributed by atoms with Crippen molar-refractivity contribution >= 4 is 0 Å². The van der Waals surface area contributed by atoms with Crippen LogP contribution in [0.5, 0.6) is 0 Å². The van der Waals surface area contributed by atoms with E-state index in [4.69, 9.17) is 4.74 Å². The first-order valence-corrected chi connectivity index (χ1v) is 6.11. The minimum absolute atomic E-state index is 0.0298. The van der Waals surface area contributed by atoms with Gasteiger partial charge in [0.15, 0.2) is 0 Å². The molecule has 0 aliphatic heterocycles. The molecule has 0 bridgehead atoms. The quantitative estimate of drug-likeness (QED) is 0.755. The monoisotopic (exact) mass is 226 g/mol. The lowest BCUT2D eigenvalue weighted by atomic mass is 9.74. The van der Waals surface area contributed by atoms with Crippen molar-refractivity contribution in [2.75, 3.05) is 0 Å². The number of aliphatic hydroxyl groups is 2. The maximum absolute atomic E-state index is 10.7. The Kier molecular flexibility index (Phi) is 2.59. The van der Waals surface area contributed by atoms with Crippen molar-refractivity contribution in [1.82, 2.24) is 0 Å². The molecule has 4 atom stereocenters. The van der Waals surface area contributed by atoms with Gasteiger partial charge < -0.3 is 14.9 Å². The Bertz CT molecular complexity index is 323. The Balaban J connectivity index is 2.33. The average Bonchev–Trinajstić information content (AvgIpc) is 2.51. The summed E-state index contributed by atoms with van der Waals surface area (Å²) in [4.78, 5) is 0. The van der Waals surface area contributed by atoms with Gasteiger partial charge in [-0.05, 0) is 38.7 Å². The summed E-state index contributed by atoms with van der Waals surface area (Å²) >= 11 is 0. The zero-order valence-electron chi connectivity index (χ0n) is 10.5. The average molecular weight is 226 g/mol. The third-order valence-corrected chi connectivity index (χ3v) is 4.37. The minimum Gasteiger partial charge on any atom is -0.493 e. The van der Waals surface area contributed by atoms with Crippen molar-refractivity contribution in [3.8, 4) is 0 Å². The Morgan fingerprint density at radius 3 is 2.62 bits per heavy atom. The second-order valence-electron chi connectivity index (χ2n) is 5.80. The fourth-order valence-corrected chi connectivity index (χ4v) is 3.14. The van der Waals surface area contributed by atoms with E-state index in [1.165, 1.54) is 0 Å². The fraction of sp³-hybridized carbons (Fsp3) is 0.846. The molecule has 0 aromatic heterocycles. The standard InChI is InChI=1S/C13H22O3/c1-8(2)16-10-7-13(15)9(3)5-6-12(13,4)11(10)14/h7-9,11,14-15H,5-6H2,1-4H3/t9-,11+,12-,13+/m1/s1. The van der Waals surface area contributed by atoms with Crippen LogP contribution in [0.2, 0.25) is 0 Å². The predicted octanol–water partition coefficient (Wildman–Crippen LogP) is 1.84. The summed E-state index contributed by atoms with van der Waals surface area (Å²) in [6, 6.07) is 0. The van der Waals surface area contributed by atoms with Gasteiger partial charge in [0, 0.05) is 5.41 Å². The maximum Gasteiger partial charge on any atom is 0.124 e. The normalized spacial score (nSPS) is 47.1. The van der Waals surface area contributed by atoms with E-state index in [-0.39, 0.29) is 12.0 Å². The third-order valence-electron chi connectivity index (χ3n) is 4.37. The van der Waals surface area contributed by atoms with Crippen LogP contribution in [0.25, 0.3) is 0 Å². The van der Waals surface area contributed by atoms with Crippen molar-refractivity contribution in [1.29, 1.82) is 0 Å². The zero-order valence-corrected chi connectivity index (χ0v) is 10.5. The molecule has 3 heteroatoms. The topological polar surface area (TPSA) is 49.7 Å². The van der Waals surface area contributed by atoms with Crippen LogP contribution >= 0.6 is 0 Å². The molecule has 2 rings (SSSR count). The van der Waals surface area contributed by atoms with Gasteiger partial charge in [0.1, 0.15) is 11.9 Å². The number of ether oxygens (including phenoxy) is 1. The van der Waals surface area contributed by atoms with Crippen LogP contribution in [-0.4, -0.2) is 28.0 Å². The molecule has 0 saturated heterocycles. The van der Waals surface area contributed by atoms with Crippen molar-refractivity contribution in [3.05, 3.63) is 11.8 Å². The second kappa shape index (κ2) is 3.47. The lowest BCUT2D eigenvalue weighted by Crippen LogP contribution is -2.46. The lowest BCUT2D eigenvalue weighted by molar-refractivity contribution is -0.0800. The van der Waals surface area contributed by atoms with Crippen molar-refractivity contribution in [3.63, 3.8) is 0 Å². The number of aliphatic hydroxyl groups excluding tert-OH is 1. The second-order valence-corrected chi connectivity index (χ2v) is 5.80. The van der Waals surface area contributed by atoms with Gasteiger partial charge in [-0.15, -0.1) is 0 Å². The van der Waals surface area contributed by atoms with E-state index < -0.39 is 17.1 Å². The molecule has 1 fully saturated rings.